The van der Waals surface area contributed by atoms with Gasteiger partial charge in [-0.05, 0) is 249 Å². The first kappa shape index (κ1) is 97.8. The molecule has 10 heterocycles. The van der Waals surface area contributed by atoms with Gasteiger partial charge in [-0.1, -0.05) is 92.0 Å². The van der Waals surface area contributed by atoms with Crippen molar-refractivity contribution in [2.75, 3.05) is 124 Å². The lowest BCUT2D eigenvalue weighted by molar-refractivity contribution is 0.255. The van der Waals surface area contributed by atoms with Crippen LogP contribution < -0.4 is 72.7 Å². The van der Waals surface area contributed by atoms with Gasteiger partial charge in [-0.2, -0.15) is 15.0 Å². The number of aromatic nitrogens is 12. The molecule has 688 valence electrons. The van der Waals surface area contributed by atoms with E-state index < -0.39 is 7.12 Å². The highest BCUT2D eigenvalue weighted by Crippen LogP contribution is 2.42. The zero-order valence-corrected chi connectivity index (χ0v) is 79.5. The molecule has 31 nitrogen and oxygen atoms in total. The predicted molar refractivity (Wildman–Crippen MR) is 535 cm³/mol. The Morgan fingerprint density at radius 3 is 1.36 bits per heavy atom. The third-order valence-electron chi connectivity index (χ3n) is 22.6. The van der Waals surface area contributed by atoms with Gasteiger partial charge in [0.2, 0.25) is 27.5 Å². The van der Waals surface area contributed by atoms with Crippen molar-refractivity contribution in [3.8, 4) is 56.6 Å². The molecule has 19 rings (SSSR count). The molecule has 0 saturated carbocycles. The van der Waals surface area contributed by atoms with Crippen molar-refractivity contribution in [2.24, 2.45) is 0 Å². The average molecular weight is 2000 g/mol. The summed E-state index contributed by atoms with van der Waals surface area (Å²) in [5, 5.41) is 66.0. The number of ether oxygens (including phenoxy) is 4. The zero-order chi connectivity index (χ0) is 93.8. The van der Waals surface area contributed by atoms with Crippen LogP contribution in [0.4, 0.5) is 52.1 Å². The van der Waals surface area contributed by atoms with E-state index in [4.69, 9.17) is 113 Å². The van der Waals surface area contributed by atoms with Crippen LogP contribution in [0, 0.1) is 13.8 Å². The van der Waals surface area contributed by atoms with E-state index in [9.17, 15) is 15.3 Å². The fourth-order valence-corrected chi connectivity index (χ4v) is 17.4. The third-order valence-corrected chi connectivity index (χ3v) is 24.4. The zero-order valence-electron chi connectivity index (χ0n) is 73.3. The first-order valence-corrected chi connectivity index (χ1v) is 45.5. The minimum absolute atomic E-state index is 0.0264. The lowest BCUT2D eigenvalue weighted by atomic mass is 9.80. The monoisotopic (exact) mass is 1990 g/mol. The number of benzene rings is 9. The molecule has 4 atom stereocenters. The molecule has 9 aromatic carbocycles. The van der Waals surface area contributed by atoms with Gasteiger partial charge in [-0.15, -0.1) is 0 Å². The number of imidazole rings is 2. The number of rotatable bonds is 18. The van der Waals surface area contributed by atoms with Crippen molar-refractivity contribution < 1.29 is 49.4 Å². The number of nitrogens with one attached hydrogen (secondary N) is 2. The van der Waals surface area contributed by atoms with Crippen molar-refractivity contribution in [3.05, 3.63) is 236 Å². The quantitative estimate of drug-likeness (QED) is 0.0164. The maximum absolute atomic E-state index is 10.0. The van der Waals surface area contributed by atoms with Crippen molar-refractivity contribution in [3.63, 3.8) is 0 Å². The van der Waals surface area contributed by atoms with E-state index in [0.29, 0.717) is 69.5 Å². The van der Waals surface area contributed by atoms with Crippen LogP contribution in [0.3, 0.4) is 0 Å². The first-order chi connectivity index (χ1) is 63.7. The molecular weight excluding hydrogens is 1900 g/mol. The van der Waals surface area contributed by atoms with E-state index >= 15 is 0 Å². The fourth-order valence-electron chi connectivity index (χ4n) is 15.9. The summed E-state index contributed by atoms with van der Waals surface area (Å²) < 4.78 is 27.0. The second-order valence-electron chi connectivity index (χ2n) is 31.3. The third kappa shape index (κ3) is 24.6. The molecule has 4 aliphatic heterocycles. The number of hydrogen-bond donors (Lipinski definition) is 12. The van der Waals surface area contributed by atoms with Crippen LogP contribution >= 0.6 is 78.3 Å². The number of methoxy groups -OCH3 is 4. The molecule has 0 aliphatic carbocycles. The van der Waals surface area contributed by atoms with Gasteiger partial charge in [0, 0.05) is 91.4 Å². The van der Waals surface area contributed by atoms with Gasteiger partial charge < -0.3 is 107 Å². The molecule has 38 heteroatoms. The number of aliphatic hydroxyl groups excluding tert-OH is 4. The Hall–Kier alpha value is -11.7. The Kier molecular flexibility index (Phi) is 34.1. The highest BCUT2D eigenvalue weighted by molar-refractivity contribution is 9.10. The Morgan fingerprint density at radius 2 is 0.902 bits per heavy atom. The van der Waals surface area contributed by atoms with Crippen LogP contribution in [0.5, 0.6) is 23.0 Å². The molecule has 4 fully saturated rings. The van der Waals surface area contributed by atoms with Gasteiger partial charge in [-0.3, -0.25) is 0 Å². The number of aliphatic hydroxyl groups is 4. The lowest BCUT2D eigenvalue weighted by Crippen LogP contribution is -2.33. The van der Waals surface area contributed by atoms with E-state index in [1.165, 1.54) is 12.5 Å². The van der Waals surface area contributed by atoms with Crippen molar-refractivity contribution in [2.45, 2.75) is 89.4 Å². The van der Waals surface area contributed by atoms with Gasteiger partial charge in [-0.25, -0.2) is 34.9 Å². The number of anilines is 9. The van der Waals surface area contributed by atoms with Gasteiger partial charge in [0.05, 0.1) is 119 Å². The number of hydrogen-bond acceptors (Lipinski definition) is 29. The van der Waals surface area contributed by atoms with Crippen LogP contribution in [-0.2, 0) is 0 Å². The molecule has 132 heavy (non-hydrogen) atoms. The molecule has 0 spiro atoms. The van der Waals surface area contributed by atoms with Crippen LogP contribution in [-0.4, -0.2) is 202 Å². The standard InChI is InChI=1S/C31H33N7O2.C19H19ClN4O.C13H13BrClN3O.C12H15N3O3.C8H3BrCl2N2.C6H8BNO2.C5H11NO/c1-19-12-25(15-28(40-3)20(19)2)37-16-29(33-18-37)35-31-34-27-14-22(21-6-4-7-23(32)13-21)9-10-26(27)30(36-31)38-11-5-8-24(38)17-39;20-19-22-17-10-13(12-3-1-4-14(21)9-12)6-7-16(17)18(23-19)24-8-2-5-15(24)11-25;14-8-3-4-10-11(6-8)16-13(15)17-12(10)18-5-1-2-9(18)7-19;1-16-9-4-8(15-6-11(13)14-7-15)5-10(17-2)12(9)18-3;9-4-1-2-5-6(3-4)12-8(11)13-7(5)10;8-6-3-1-2-5(4-6)7(9)10;7-4-5-2-1-3-6-5/h4,6-7,9-10,12-16,18,24,39H,5,8,11,17,32H2,1-3H3,(H,34,35,36);1,3-4,6-7,9-10,15,25H,2,5,8,11,21H2;3-4,6,9,19H,1-2,5,7H2;4-7H,13H2,1-3H3;1-3H;1-4,9-10H,8H2;5-7H,1-4H2/t24-;15-;9-;;;;5-/m000...0/s1. The Morgan fingerprint density at radius 1 is 0.455 bits per heavy atom. The van der Waals surface area contributed by atoms with Gasteiger partial charge >= 0.3 is 7.12 Å². The lowest BCUT2D eigenvalue weighted by Gasteiger charge is -2.26. The number of nitrogen functional groups attached to an aromatic ring is 4. The summed E-state index contributed by atoms with van der Waals surface area (Å²) >= 11 is 30.5. The van der Waals surface area contributed by atoms with Crippen LogP contribution in [0.2, 0.25) is 21.0 Å². The summed E-state index contributed by atoms with van der Waals surface area (Å²) in [7, 11) is 4.96. The van der Waals surface area contributed by atoms with Crippen LogP contribution in [0.25, 0.3) is 77.2 Å². The van der Waals surface area contributed by atoms with Crippen molar-refractivity contribution in [1.82, 2.24) is 64.3 Å². The Balaban J connectivity index is 0.000000140. The van der Waals surface area contributed by atoms with E-state index in [1.807, 2.05) is 139 Å². The summed E-state index contributed by atoms with van der Waals surface area (Å²) in [6.45, 7) is 8.44. The van der Waals surface area contributed by atoms with E-state index in [0.717, 1.165) is 197 Å². The molecule has 16 N–H and O–H groups in total. The van der Waals surface area contributed by atoms with E-state index in [2.05, 4.69) is 128 Å². The molecule has 6 aromatic heterocycles. The maximum Gasteiger partial charge on any atom is 0.488 e. The van der Waals surface area contributed by atoms with Gasteiger partial charge in [0.15, 0.2) is 17.3 Å². The second kappa shape index (κ2) is 46.1. The first-order valence-electron chi connectivity index (χ1n) is 42.4. The Bertz CT molecular complexity index is 6460. The number of nitrogens with two attached hydrogens (primary N) is 4. The molecule has 0 amide bonds. The van der Waals surface area contributed by atoms with Crippen molar-refractivity contribution in [1.29, 1.82) is 0 Å². The summed E-state index contributed by atoms with van der Waals surface area (Å²) in [5.41, 5.74) is 36.6. The molecule has 0 bridgehead atoms. The molecule has 0 unspecified atom stereocenters. The smallest absolute Gasteiger partial charge is 0.488 e. The number of nitrogens with zero attached hydrogens (tertiary/aromatic N) is 15. The minimum atomic E-state index is -1.43. The molecule has 4 aliphatic rings. The second-order valence-corrected chi connectivity index (χ2v) is 34.5. The van der Waals surface area contributed by atoms with E-state index in [1.54, 1.807) is 70.1 Å². The minimum Gasteiger partial charge on any atom is -0.496 e. The molecule has 4 saturated heterocycles. The maximum atomic E-state index is 10.0. The highest BCUT2D eigenvalue weighted by Gasteiger charge is 2.31. The number of aryl methyl sites for hydroxylation is 1. The van der Waals surface area contributed by atoms with Crippen molar-refractivity contribution >= 4 is 187 Å². The van der Waals surface area contributed by atoms with Crippen LogP contribution in [0.1, 0.15) is 62.5 Å². The molecule has 15 aromatic rings. The number of fused-ring (bicyclic) bond motifs is 4. The van der Waals surface area contributed by atoms with Gasteiger partial charge in [0.25, 0.3) is 0 Å². The average Bonchev–Trinajstić information content (AvgIpc) is 1.32. The fraction of sp³-hybridized carbons (Fsp3) is 0.277. The number of halogens is 6. The van der Waals surface area contributed by atoms with Crippen LogP contribution in [0.15, 0.2) is 204 Å². The summed E-state index contributed by atoms with van der Waals surface area (Å²) in [5.74, 6) is 6.49. The molecular formula is C94H102BBr2Cl4N21O10. The van der Waals surface area contributed by atoms with Gasteiger partial charge in [0.1, 0.15) is 46.8 Å². The summed E-state index contributed by atoms with van der Waals surface area (Å²) in [6, 6.07) is 54.1. The largest absolute Gasteiger partial charge is 0.496 e. The summed E-state index contributed by atoms with van der Waals surface area (Å²) in [6.07, 6.45) is 15.3. The highest BCUT2D eigenvalue weighted by atomic mass is 79.9. The molecule has 0 radical (unpaired) electrons. The van der Waals surface area contributed by atoms with E-state index in [-0.39, 0.29) is 53.8 Å². The summed E-state index contributed by atoms with van der Waals surface area (Å²) in [4.78, 5) is 50.2. The normalized spacial score (nSPS) is 15.5. The SMILES string of the molecule is COc1cc(-n2cnc(N)c2)cc(OC)c1OC.COc1cc(-n2cnc(Nc3nc(N4CCC[C@H]4CO)c4ccc(-c5cccc(N)c5)cc4n3)c2)cc(C)c1C.Clc1nc(Cl)c2ccc(Br)cc2n1.Nc1cccc(-c2ccc3c(N4CCC[C@H]4CO)nc(Cl)nc3c2)c1.Nc1cccc(B(O)O)c1.OC[C@@H]1CCCN1.OC[C@@H]1CCCN1c1nc(Cl)nc2cc(Br)ccc12. The predicted octanol–water partition coefficient (Wildman–Crippen LogP) is 15.8. The topological polar surface area (TPSA) is 435 Å². The Labute approximate surface area is 800 Å².